The minimum Gasteiger partial charge on any atom is -0.467 e. The van der Waals surface area contributed by atoms with Crippen LogP contribution in [0.1, 0.15) is 23.2 Å². The molecule has 1 aromatic carbocycles. The van der Waals surface area contributed by atoms with Crippen LogP contribution < -0.4 is 10.6 Å². The van der Waals surface area contributed by atoms with E-state index < -0.39 is 6.04 Å². The van der Waals surface area contributed by atoms with Crippen LogP contribution in [0.4, 0.5) is 4.79 Å². The van der Waals surface area contributed by atoms with Crippen molar-refractivity contribution < 1.29 is 18.8 Å². The van der Waals surface area contributed by atoms with Crippen molar-refractivity contribution in [2.45, 2.75) is 19.5 Å². The van der Waals surface area contributed by atoms with Gasteiger partial charge in [0.25, 0.3) is 5.91 Å². The standard InChI is InChI=1S/C22H25N5O4/c1-15(20(28)23-14-17-6-4-12-31-17)24-22(30)27-10-8-26(9-11-27)21(29)19-13-16-5-2-3-7-18(16)25-19/h2-7,12-13,15,25H,8-11,14H2,1H3,(H,23,28)(H,24,30)/t15-/m0/s1. The number of aromatic nitrogens is 1. The first-order chi connectivity index (χ1) is 15.0. The van der Waals surface area contributed by atoms with E-state index in [0.29, 0.717) is 37.6 Å². The summed E-state index contributed by atoms with van der Waals surface area (Å²) in [5, 5.41) is 6.42. The molecule has 0 bridgehead atoms. The number of carbonyl (C=O) groups is 3. The second kappa shape index (κ2) is 8.95. The van der Waals surface area contributed by atoms with Gasteiger partial charge in [-0.15, -0.1) is 0 Å². The van der Waals surface area contributed by atoms with E-state index in [-0.39, 0.29) is 24.4 Å². The van der Waals surface area contributed by atoms with E-state index in [2.05, 4.69) is 15.6 Å². The third-order valence-corrected chi connectivity index (χ3v) is 5.36. The van der Waals surface area contributed by atoms with Gasteiger partial charge in [0.15, 0.2) is 0 Å². The Kier molecular flexibility index (Phi) is 5.92. The summed E-state index contributed by atoms with van der Waals surface area (Å²) in [6, 6.07) is 12.1. The zero-order chi connectivity index (χ0) is 21.8. The van der Waals surface area contributed by atoms with Crippen molar-refractivity contribution in [3.8, 4) is 0 Å². The summed E-state index contributed by atoms with van der Waals surface area (Å²) in [6.45, 7) is 3.56. The minimum atomic E-state index is -0.687. The van der Waals surface area contributed by atoms with Gasteiger partial charge in [-0.2, -0.15) is 0 Å². The van der Waals surface area contributed by atoms with Gasteiger partial charge in [0.2, 0.25) is 5.91 Å². The molecule has 3 heterocycles. The van der Waals surface area contributed by atoms with E-state index in [1.54, 1.807) is 28.9 Å². The number of fused-ring (bicyclic) bond motifs is 1. The molecule has 3 N–H and O–H groups in total. The maximum atomic E-state index is 12.8. The Hall–Kier alpha value is -3.75. The van der Waals surface area contributed by atoms with Crippen LogP contribution in [0.5, 0.6) is 0 Å². The number of aromatic amines is 1. The van der Waals surface area contributed by atoms with Gasteiger partial charge in [0.05, 0.1) is 12.8 Å². The van der Waals surface area contributed by atoms with Gasteiger partial charge in [0.1, 0.15) is 17.5 Å². The van der Waals surface area contributed by atoms with Gasteiger partial charge in [-0.25, -0.2) is 4.79 Å². The number of urea groups is 1. The molecule has 3 aromatic rings. The summed E-state index contributed by atoms with van der Waals surface area (Å²) in [4.78, 5) is 44.0. The molecule has 0 unspecified atom stereocenters. The van der Waals surface area contributed by atoms with E-state index in [9.17, 15) is 14.4 Å². The zero-order valence-corrected chi connectivity index (χ0v) is 17.3. The number of H-pyrrole nitrogens is 1. The van der Waals surface area contributed by atoms with E-state index in [1.807, 2.05) is 30.3 Å². The number of rotatable bonds is 5. The lowest BCUT2D eigenvalue weighted by Crippen LogP contribution is -2.56. The van der Waals surface area contributed by atoms with Gasteiger partial charge in [-0.05, 0) is 31.2 Å². The van der Waals surface area contributed by atoms with Crippen molar-refractivity contribution in [1.82, 2.24) is 25.4 Å². The van der Waals surface area contributed by atoms with Gasteiger partial charge >= 0.3 is 6.03 Å². The van der Waals surface area contributed by atoms with Crippen molar-refractivity contribution >= 4 is 28.7 Å². The molecule has 4 amide bonds. The molecule has 1 aliphatic heterocycles. The topological polar surface area (TPSA) is 111 Å². The summed E-state index contributed by atoms with van der Waals surface area (Å²) < 4.78 is 5.17. The van der Waals surface area contributed by atoms with Crippen molar-refractivity contribution in [3.05, 3.63) is 60.2 Å². The number of piperazine rings is 1. The Morgan fingerprint density at radius 1 is 1.06 bits per heavy atom. The zero-order valence-electron chi connectivity index (χ0n) is 17.3. The molecule has 0 saturated carbocycles. The number of nitrogens with zero attached hydrogens (tertiary/aromatic N) is 2. The van der Waals surface area contributed by atoms with Gasteiger partial charge in [-0.3, -0.25) is 9.59 Å². The third-order valence-electron chi connectivity index (χ3n) is 5.36. The second-order valence-corrected chi connectivity index (χ2v) is 7.52. The Balaban J connectivity index is 1.25. The smallest absolute Gasteiger partial charge is 0.318 e. The second-order valence-electron chi connectivity index (χ2n) is 7.52. The Labute approximate surface area is 179 Å². The summed E-state index contributed by atoms with van der Waals surface area (Å²) >= 11 is 0. The monoisotopic (exact) mass is 423 g/mol. The predicted molar refractivity (Wildman–Crippen MR) is 114 cm³/mol. The third kappa shape index (κ3) is 4.71. The highest BCUT2D eigenvalue weighted by Crippen LogP contribution is 2.17. The average Bonchev–Trinajstić information content (AvgIpc) is 3.46. The van der Waals surface area contributed by atoms with Crippen molar-refractivity contribution in [3.63, 3.8) is 0 Å². The van der Waals surface area contributed by atoms with Gasteiger partial charge in [0, 0.05) is 37.1 Å². The number of nitrogens with one attached hydrogen (secondary N) is 3. The fourth-order valence-electron chi connectivity index (χ4n) is 3.55. The minimum absolute atomic E-state index is 0.0815. The SMILES string of the molecule is C[C@H](NC(=O)N1CCN(C(=O)c2cc3ccccc3[nH]2)CC1)C(=O)NCc1ccco1. The first-order valence-electron chi connectivity index (χ1n) is 10.2. The highest BCUT2D eigenvalue weighted by Gasteiger charge is 2.27. The molecule has 1 aliphatic rings. The summed E-state index contributed by atoms with van der Waals surface area (Å²) in [6.07, 6.45) is 1.54. The molecule has 162 valence electrons. The summed E-state index contributed by atoms with van der Waals surface area (Å²) in [5.41, 5.74) is 1.46. The highest BCUT2D eigenvalue weighted by atomic mass is 16.3. The van der Waals surface area contributed by atoms with Crippen LogP contribution in [0.25, 0.3) is 10.9 Å². The van der Waals surface area contributed by atoms with Crippen molar-refractivity contribution in [2.75, 3.05) is 26.2 Å². The molecule has 9 nitrogen and oxygen atoms in total. The lowest BCUT2D eigenvalue weighted by atomic mass is 10.2. The number of benzene rings is 1. The number of para-hydroxylation sites is 1. The van der Waals surface area contributed by atoms with Crippen LogP contribution >= 0.6 is 0 Å². The fourth-order valence-corrected chi connectivity index (χ4v) is 3.55. The number of furan rings is 1. The number of amides is 4. The molecule has 2 aromatic heterocycles. The van der Waals surface area contributed by atoms with Crippen LogP contribution in [0, 0.1) is 0 Å². The highest BCUT2D eigenvalue weighted by molar-refractivity contribution is 5.98. The van der Waals surface area contributed by atoms with E-state index in [0.717, 1.165) is 10.9 Å². The van der Waals surface area contributed by atoms with Crippen LogP contribution in [0.2, 0.25) is 0 Å². The summed E-state index contributed by atoms with van der Waals surface area (Å²) in [7, 11) is 0. The van der Waals surface area contributed by atoms with Gasteiger partial charge < -0.3 is 29.8 Å². The summed E-state index contributed by atoms with van der Waals surface area (Å²) in [5.74, 6) is 0.266. The average molecular weight is 423 g/mol. The molecule has 31 heavy (non-hydrogen) atoms. The molecule has 9 heteroatoms. The Bertz CT molecular complexity index is 1030. The van der Waals surface area contributed by atoms with Crippen LogP contribution in [-0.2, 0) is 11.3 Å². The number of hydrogen-bond donors (Lipinski definition) is 3. The van der Waals surface area contributed by atoms with Crippen LogP contribution in [0.3, 0.4) is 0 Å². The van der Waals surface area contributed by atoms with Crippen molar-refractivity contribution in [1.29, 1.82) is 0 Å². The predicted octanol–water partition coefficient (Wildman–Crippen LogP) is 1.93. The quantitative estimate of drug-likeness (QED) is 0.582. The van der Waals surface area contributed by atoms with E-state index >= 15 is 0 Å². The molecule has 4 rings (SSSR count). The maximum absolute atomic E-state index is 12.8. The Morgan fingerprint density at radius 3 is 2.52 bits per heavy atom. The first kappa shape index (κ1) is 20.5. The Morgan fingerprint density at radius 2 is 1.81 bits per heavy atom. The molecular weight excluding hydrogens is 398 g/mol. The normalized spacial score (nSPS) is 15.0. The molecule has 1 saturated heterocycles. The van der Waals surface area contributed by atoms with Crippen LogP contribution in [-0.4, -0.2) is 64.9 Å². The molecule has 1 fully saturated rings. The largest absolute Gasteiger partial charge is 0.467 e. The fraction of sp³-hybridized carbons (Fsp3) is 0.318. The lowest BCUT2D eigenvalue weighted by molar-refractivity contribution is -0.122. The lowest BCUT2D eigenvalue weighted by Gasteiger charge is -2.35. The maximum Gasteiger partial charge on any atom is 0.318 e. The molecule has 1 atom stereocenters. The number of hydrogen-bond acceptors (Lipinski definition) is 4. The number of carbonyl (C=O) groups excluding carboxylic acids is 3. The molecule has 0 radical (unpaired) electrons. The van der Waals surface area contributed by atoms with Crippen molar-refractivity contribution in [2.24, 2.45) is 0 Å². The van der Waals surface area contributed by atoms with Gasteiger partial charge in [-0.1, -0.05) is 18.2 Å². The van der Waals surface area contributed by atoms with Crippen LogP contribution in [0.15, 0.2) is 53.1 Å². The molecular formula is C22H25N5O4. The molecule has 0 spiro atoms. The van der Waals surface area contributed by atoms with E-state index in [4.69, 9.17) is 4.42 Å². The van der Waals surface area contributed by atoms with E-state index in [1.165, 1.54) is 6.26 Å². The molecule has 0 aliphatic carbocycles. The first-order valence-corrected chi connectivity index (χ1v) is 10.2.